The molecule has 2 N–H and O–H groups in total. The first-order valence-electron chi connectivity index (χ1n) is 5.94. The molecule has 0 aromatic carbocycles. The molecular formula is C12H18BrClN2OS. The first-order valence-corrected chi connectivity index (χ1v) is 7.62. The summed E-state index contributed by atoms with van der Waals surface area (Å²) >= 11 is 4.93. The van der Waals surface area contributed by atoms with Crippen LogP contribution in [0.5, 0.6) is 0 Å². The van der Waals surface area contributed by atoms with Crippen molar-refractivity contribution in [3.8, 4) is 0 Å². The Balaban J connectivity index is 0.00000162. The van der Waals surface area contributed by atoms with Crippen molar-refractivity contribution in [1.82, 2.24) is 4.90 Å². The zero-order valence-corrected chi connectivity index (χ0v) is 13.3. The van der Waals surface area contributed by atoms with Crippen LogP contribution in [0.2, 0.25) is 0 Å². The fraction of sp³-hybridized carbons (Fsp3) is 0.583. The minimum atomic E-state index is 0. The van der Waals surface area contributed by atoms with Gasteiger partial charge in [0.1, 0.15) is 4.88 Å². The van der Waals surface area contributed by atoms with E-state index in [9.17, 15) is 4.79 Å². The van der Waals surface area contributed by atoms with Crippen molar-refractivity contribution in [1.29, 1.82) is 0 Å². The van der Waals surface area contributed by atoms with Gasteiger partial charge in [-0.05, 0) is 59.1 Å². The van der Waals surface area contributed by atoms with Gasteiger partial charge in [-0.15, -0.1) is 23.7 Å². The minimum Gasteiger partial charge on any atom is -0.338 e. The predicted molar refractivity (Wildman–Crippen MR) is 81.6 cm³/mol. The monoisotopic (exact) mass is 352 g/mol. The number of nitrogens with two attached hydrogens (primary N) is 1. The molecule has 102 valence electrons. The molecule has 2 rings (SSSR count). The van der Waals surface area contributed by atoms with Gasteiger partial charge in [-0.3, -0.25) is 4.79 Å². The van der Waals surface area contributed by atoms with Crippen LogP contribution in [-0.4, -0.2) is 30.4 Å². The summed E-state index contributed by atoms with van der Waals surface area (Å²) in [4.78, 5) is 15.1. The Hall–Kier alpha value is -0.100. The molecule has 0 saturated carbocycles. The molecule has 1 aliphatic rings. The number of likely N-dealkylation sites (tertiary alicyclic amines) is 1. The molecule has 1 aromatic rings. The van der Waals surface area contributed by atoms with Gasteiger partial charge in [0.15, 0.2) is 0 Å². The van der Waals surface area contributed by atoms with E-state index < -0.39 is 0 Å². The second kappa shape index (κ2) is 7.48. The normalized spacial score (nSPS) is 19.4. The lowest BCUT2D eigenvalue weighted by atomic mass is 9.95. The Labute approximate surface area is 126 Å². The predicted octanol–water partition coefficient (Wildman–Crippen LogP) is 3.13. The second-order valence-electron chi connectivity index (χ2n) is 4.43. The van der Waals surface area contributed by atoms with E-state index >= 15 is 0 Å². The van der Waals surface area contributed by atoms with Crippen LogP contribution < -0.4 is 5.73 Å². The summed E-state index contributed by atoms with van der Waals surface area (Å²) in [6.07, 6.45) is 3.32. The van der Waals surface area contributed by atoms with Crippen molar-refractivity contribution in [2.24, 2.45) is 11.7 Å². The first-order chi connectivity index (χ1) is 8.22. The molecule has 0 bridgehead atoms. The minimum absolute atomic E-state index is 0. The first kappa shape index (κ1) is 16.0. The Morgan fingerprint density at radius 1 is 1.61 bits per heavy atom. The zero-order valence-electron chi connectivity index (χ0n) is 10.1. The molecule has 1 fully saturated rings. The van der Waals surface area contributed by atoms with Gasteiger partial charge in [-0.2, -0.15) is 0 Å². The third-order valence-electron chi connectivity index (χ3n) is 3.19. The number of piperidine rings is 1. The molecule has 1 unspecified atom stereocenters. The van der Waals surface area contributed by atoms with Gasteiger partial charge in [0.2, 0.25) is 0 Å². The SMILES string of the molecule is Cl.NCCC1CCCN(C(=O)c2sccc2Br)C1. The van der Waals surface area contributed by atoms with E-state index in [-0.39, 0.29) is 18.3 Å². The molecule has 2 heterocycles. The fourth-order valence-corrected chi connectivity index (χ4v) is 3.82. The highest BCUT2D eigenvalue weighted by Crippen LogP contribution is 2.27. The van der Waals surface area contributed by atoms with Crippen molar-refractivity contribution in [2.75, 3.05) is 19.6 Å². The summed E-state index contributed by atoms with van der Waals surface area (Å²) in [5.41, 5.74) is 5.59. The fourth-order valence-electron chi connectivity index (χ4n) is 2.31. The molecule has 1 aromatic heterocycles. The summed E-state index contributed by atoms with van der Waals surface area (Å²) < 4.78 is 0.911. The van der Waals surface area contributed by atoms with Crippen LogP contribution in [0.1, 0.15) is 28.9 Å². The highest BCUT2D eigenvalue weighted by atomic mass is 79.9. The van der Waals surface area contributed by atoms with E-state index in [1.807, 2.05) is 16.3 Å². The summed E-state index contributed by atoms with van der Waals surface area (Å²) in [5.74, 6) is 0.741. The number of hydrogen-bond acceptors (Lipinski definition) is 3. The molecule has 0 radical (unpaired) electrons. The Kier molecular flexibility index (Phi) is 6.63. The Morgan fingerprint density at radius 2 is 2.39 bits per heavy atom. The number of halogens is 2. The van der Waals surface area contributed by atoms with Gasteiger partial charge < -0.3 is 10.6 Å². The molecule has 3 nitrogen and oxygen atoms in total. The number of thiophene rings is 1. The average Bonchev–Trinajstić information content (AvgIpc) is 2.75. The number of carbonyl (C=O) groups excluding carboxylic acids is 1. The smallest absolute Gasteiger partial charge is 0.265 e. The molecule has 18 heavy (non-hydrogen) atoms. The average molecular weight is 354 g/mol. The molecular weight excluding hydrogens is 336 g/mol. The number of nitrogens with zero attached hydrogens (tertiary/aromatic N) is 1. The lowest BCUT2D eigenvalue weighted by Gasteiger charge is -2.32. The Bertz CT molecular complexity index is 397. The van der Waals surface area contributed by atoms with Crippen LogP contribution in [-0.2, 0) is 0 Å². The lowest BCUT2D eigenvalue weighted by molar-refractivity contribution is 0.0673. The molecule has 6 heteroatoms. The summed E-state index contributed by atoms with van der Waals surface area (Å²) in [7, 11) is 0. The lowest BCUT2D eigenvalue weighted by Crippen LogP contribution is -2.40. The number of carbonyl (C=O) groups is 1. The van der Waals surface area contributed by atoms with Gasteiger partial charge in [0, 0.05) is 17.6 Å². The van der Waals surface area contributed by atoms with Gasteiger partial charge in [0.05, 0.1) is 0 Å². The Morgan fingerprint density at radius 3 is 3.00 bits per heavy atom. The summed E-state index contributed by atoms with van der Waals surface area (Å²) in [6.45, 7) is 2.46. The van der Waals surface area contributed by atoms with Crippen LogP contribution in [0.15, 0.2) is 15.9 Å². The molecule has 1 aliphatic heterocycles. The topological polar surface area (TPSA) is 46.3 Å². The highest BCUT2D eigenvalue weighted by Gasteiger charge is 2.25. The third-order valence-corrected chi connectivity index (χ3v) is 5.02. The largest absolute Gasteiger partial charge is 0.338 e. The van der Waals surface area contributed by atoms with Crippen LogP contribution >= 0.6 is 39.7 Å². The number of rotatable bonds is 3. The van der Waals surface area contributed by atoms with Crippen LogP contribution in [0.25, 0.3) is 0 Å². The molecule has 0 aliphatic carbocycles. The molecule has 0 spiro atoms. The van der Waals surface area contributed by atoms with Gasteiger partial charge in [0.25, 0.3) is 5.91 Å². The van der Waals surface area contributed by atoms with Crippen LogP contribution in [0.3, 0.4) is 0 Å². The van der Waals surface area contributed by atoms with Crippen LogP contribution in [0, 0.1) is 5.92 Å². The van der Waals surface area contributed by atoms with Gasteiger partial charge in [-0.25, -0.2) is 0 Å². The molecule has 1 atom stereocenters. The van der Waals surface area contributed by atoms with Crippen molar-refractivity contribution in [3.05, 3.63) is 20.8 Å². The maximum atomic E-state index is 12.3. The zero-order chi connectivity index (χ0) is 12.3. The van der Waals surface area contributed by atoms with E-state index in [4.69, 9.17) is 5.73 Å². The van der Waals surface area contributed by atoms with Crippen molar-refractivity contribution in [3.63, 3.8) is 0 Å². The van der Waals surface area contributed by atoms with E-state index in [1.165, 1.54) is 17.8 Å². The third kappa shape index (κ3) is 3.70. The standard InChI is InChI=1S/C12H17BrN2OS.ClH/c13-10-4-7-17-11(10)12(16)15-6-1-2-9(8-15)3-5-14;/h4,7,9H,1-3,5-6,8,14H2;1H. The summed E-state index contributed by atoms with van der Waals surface area (Å²) in [5, 5.41) is 1.94. The molecule has 1 amide bonds. The van der Waals surface area contributed by atoms with E-state index in [0.29, 0.717) is 5.92 Å². The van der Waals surface area contributed by atoms with Crippen molar-refractivity contribution < 1.29 is 4.79 Å². The van der Waals surface area contributed by atoms with E-state index in [1.54, 1.807) is 0 Å². The molecule has 1 saturated heterocycles. The van der Waals surface area contributed by atoms with Gasteiger partial charge >= 0.3 is 0 Å². The maximum Gasteiger partial charge on any atom is 0.265 e. The van der Waals surface area contributed by atoms with Gasteiger partial charge in [-0.1, -0.05) is 0 Å². The van der Waals surface area contributed by atoms with Crippen LogP contribution in [0.4, 0.5) is 0 Å². The number of hydrogen-bond donors (Lipinski definition) is 1. The highest BCUT2D eigenvalue weighted by molar-refractivity contribution is 9.10. The maximum absolute atomic E-state index is 12.3. The quantitative estimate of drug-likeness (QED) is 0.907. The van der Waals surface area contributed by atoms with E-state index in [0.717, 1.165) is 41.8 Å². The number of amides is 1. The van der Waals surface area contributed by atoms with E-state index in [2.05, 4.69) is 15.9 Å². The van der Waals surface area contributed by atoms with Crippen molar-refractivity contribution >= 4 is 45.6 Å². The van der Waals surface area contributed by atoms with Crippen molar-refractivity contribution in [2.45, 2.75) is 19.3 Å². The summed E-state index contributed by atoms with van der Waals surface area (Å²) in [6, 6.07) is 1.93. The second-order valence-corrected chi connectivity index (χ2v) is 6.20.